The van der Waals surface area contributed by atoms with Gasteiger partial charge in [0.15, 0.2) is 0 Å². The van der Waals surface area contributed by atoms with Crippen LogP contribution in [0.15, 0.2) is 66.9 Å². The standard InChI is InChI=1S/C22H21FN4O/c23-16-4-3-5-18(14-16)25-19-10-11-24-21(15-19)22(28)26-17-6-8-20(9-7-17)27-12-1-2-13-27/h3-11,14-15H,1-2,12-13H2,(H,24,25)(H,26,28). The summed E-state index contributed by atoms with van der Waals surface area (Å²) in [5.74, 6) is -0.619. The van der Waals surface area contributed by atoms with Crippen molar-refractivity contribution in [2.24, 2.45) is 0 Å². The minimum atomic E-state index is -0.325. The Balaban J connectivity index is 1.43. The summed E-state index contributed by atoms with van der Waals surface area (Å²) in [5.41, 5.74) is 3.45. The Hall–Kier alpha value is -3.41. The maximum Gasteiger partial charge on any atom is 0.274 e. The number of halogens is 1. The highest BCUT2D eigenvalue weighted by Gasteiger charge is 2.13. The molecule has 2 heterocycles. The van der Waals surface area contributed by atoms with E-state index in [0.29, 0.717) is 11.4 Å². The molecule has 4 rings (SSSR count). The molecule has 1 fully saturated rings. The quantitative estimate of drug-likeness (QED) is 0.670. The van der Waals surface area contributed by atoms with E-state index < -0.39 is 0 Å². The summed E-state index contributed by atoms with van der Waals surface area (Å²) in [6.45, 7) is 2.17. The van der Waals surface area contributed by atoms with Gasteiger partial charge in [-0.25, -0.2) is 4.39 Å². The van der Waals surface area contributed by atoms with Crippen LogP contribution in [0, 0.1) is 5.82 Å². The summed E-state index contributed by atoms with van der Waals surface area (Å²) in [5, 5.41) is 5.95. The summed E-state index contributed by atoms with van der Waals surface area (Å²) in [6.07, 6.45) is 4.00. The van der Waals surface area contributed by atoms with E-state index in [0.717, 1.165) is 18.8 Å². The predicted molar refractivity (Wildman–Crippen MR) is 110 cm³/mol. The van der Waals surface area contributed by atoms with Crippen molar-refractivity contribution in [3.63, 3.8) is 0 Å². The Morgan fingerprint density at radius 2 is 1.68 bits per heavy atom. The molecule has 0 bridgehead atoms. The van der Waals surface area contributed by atoms with E-state index in [4.69, 9.17) is 0 Å². The van der Waals surface area contributed by atoms with Crippen molar-refractivity contribution in [2.45, 2.75) is 12.8 Å². The molecule has 0 unspecified atom stereocenters. The lowest BCUT2D eigenvalue weighted by atomic mass is 10.2. The van der Waals surface area contributed by atoms with Gasteiger partial charge in [0.25, 0.3) is 5.91 Å². The normalized spacial score (nSPS) is 13.4. The van der Waals surface area contributed by atoms with Crippen LogP contribution in [0.25, 0.3) is 0 Å². The molecular formula is C22H21FN4O. The molecule has 1 saturated heterocycles. The summed E-state index contributed by atoms with van der Waals surface area (Å²) in [4.78, 5) is 19.0. The van der Waals surface area contributed by atoms with Crippen molar-refractivity contribution < 1.29 is 9.18 Å². The van der Waals surface area contributed by atoms with Crippen LogP contribution in [0.4, 0.5) is 27.1 Å². The molecule has 1 amide bonds. The number of pyridine rings is 1. The molecule has 1 aromatic heterocycles. The Kier molecular flexibility index (Phi) is 5.19. The monoisotopic (exact) mass is 376 g/mol. The molecule has 5 nitrogen and oxygen atoms in total. The zero-order valence-corrected chi connectivity index (χ0v) is 15.4. The largest absolute Gasteiger partial charge is 0.372 e. The lowest BCUT2D eigenvalue weighted by molar-refractivity contribution is 0.102. The van der Waals surface area contributed by atoms with Gasteiger partial charge in [-0.2, -0.15) is 0 Å². The lowest BCUT2D eigenvalue weighted by Crippen LogP contribution is -2.17. The summed E-state index contributed by atoms with van der Waals surface area (Å²) in [6, 6.07) is 17.4. The van der Waals surface area contributed by atoms with Gasteiger partial charge in [0.05, 0.1) is 0 Å². The molecule has 2 aromatic carbocycles. The van der Waals surface area contributed by atoms with Crippen molar-refractivity contribution in [3.05, 3.63) is 78.4 Å². The Morgan fingerprint density at radius 3 is 2.43 bits per heavy atom. The van der Waals surface area contributed by atoms with Crippen LogP contribution >= 0.6 is 0 Å². The second kappa shape index (κ2) is 8.08. The van der Waals surface area contributed by atoms with E-state index in [1.54, 1.807) is 30.5 Å². The number of benzene rings is 2. The van der Waals surface area contributed by atoms with Gasteiger partial charge in [0.1, 0.15) is 11.5 Å². The van der Waals surface area contributed by atoms with Gasteiger partial charge >= 0.3 is 0 Å². The fourth-order valence-corrected chi connectivity index (χ4v) is 3.29. The van der Waals surface area contributed by atoms with E-state index in [1.165, 1.54) is 30.7 Å². The first-order valence-corrected chi connectivity index (χ1v) is 9.32. The number of aromatic nitrogens is 1. The molecule has 0 radical (unpaired) electrons. The molecule has 0 atom stereocenters. The van der Waals surface area contributed by atoms with E-state index >= 15 is 0 Å². The van der Waals surface area contributed by atoms with Crippen molar-refractivity contribution in [1.82, 2.24) is 4.98 Å². The molecule has 1 aliphatic heterocycles. The fourth-order valence-electron chi connectivity index (χ4n) is 3.29. The van der Waals surface area contributed by atoms with E-state index in [9.17, 15) is 9.18 Å². The summed E-state index contributed by atoms with van der Waals surface area (Å²) in [7, 11) is 0. The summed E-state index contributed by atoms with van der Waals surface area (Å²) >= 11 is 0. The zero-order valence-electron chi connectivity index (χ0n) is 15.4. The number of nitrogens with zero attached hydrogens (tertiary/aromatic N) is 2. The van der Waals surface area contributed by atoms with Crippen molar-refractivity contribution >= 4 is 28.7 Å². The zero-order chi connectivity index (χ0) is 19.3. The molecule has 142 valence electrons. The third-order valence-electron chi connectivity index (χ3n) is 4.70. The number of rotatable bonds is 5. The van der Waals surface area contributed by atoms with E-state index in [2.05, 4.69) is 20.5 Å². The van der Waals surface area contributed by atoms with Crippen LogP contribution in [-0.2, 0) is 0 Å². The van der Waals surface area contributed by atoms with E-state index in [-0.39, 0.29) is 17.4 Å². The van der Waals surface area contributed by atoms with E-state index in [1.807, 2.05) is 24.3 Å². The number of hydrogen-bond acceptors (Lipinski definition) is 4. The highest BCUT2D eigenvalue weighted by molar-refractivity contribution is 6.03. The molecule has 3 aromatic rings. The topological polar surface area (TPSA) is 57.3 Å². The number of hydrogen-bond donors (Lipinski definition) is 2. The average Bonchev–Trinajstić information content (AvgIpc) is 3.24. The van der Waals surface area contributed by atoms with Crippen molar-refractivity contribution in [1.29, 1.82) is 0 Å². The molecule has 0 spiro atoms. The number of nitrogens with one attached hydrogen (secondary N) is 2. The smallest absolute Gasteiger partial charge is 0.274 e. The SMILES string of the molecule is O=C(Nc1ccc(N2CCCC2)cc1)c1cc(Nc2cccc(F)c2)ccn1. The molecular weight excluding hydrogens is 355 g/mol. The second-order valence-corrected chi connectivity index (χ2v) is 6.76. The number of carbonyl (C=O) groups excluding carboxylic acids is 1. The van der Waals surface area contributed by atoms with Gasteiger partial charge in [-0.3, -0.25) is 9.78 Å². The fraction of sp³-hybridized carbons (Fsp3) is 0.182. The number of anilines is 4. The van der Waals surface area contributed by atoms with Crippen LogP contribution in [0.1, 0.15) is 23.3 Å². The Morgan fingerprint density at radius 1 is 0.929 bits per heavy atom. The lowest BCUT2D eigenvalue weighted by Gasteiger charge is -2.17. The van der Waals surface area contributed by atoms with Crippen LogP contribution in [0.5, 0.6) is 0 Å². The molecule has 2 N–H and O–H groups in total. The van der Waals surface area contributed by atoms with Gasteiger partial charge in [-0.1, -0.05) is 6.07 Å². The van der Waals surface area contributed by atoms with Gasteiger partial charge in [-0.05, 0) is 67.4 Å². The third kappa shape index (κ3) is 4.28. The molecule has 1 aliphatic rings. The number of carbonyl (C=O) groups is 1. The molecule has 0 saturated carbocycles. The van der Waals surface area contributed by atoms with Crippen molar-refractivity contribution in [3.8, 4) is 0 Å². The van der Waals surface area contributed by atoms with Gasteiger partial charge in [0, 0.05) is 42.0 Å². The maximum atomic E-state index is 13.3. The maximum absolute atomic E-state index is 13.3. The number of amides is 1. The average molecular weight is 376 g/mol. The Labute approximate surface area is 163 Å². The van der Waals surface area contributed by atoms with Crippen LogP contribution in [0.3, 0.4) is 0 Å². The van der Waals surface area contributed by atoms with Gasteiger partial charge < -0.3 is 15.5 Å². The summed E-state index contributed by atoms with van der Waals surface area (Å²) < 4.78 is 13.3. The minimum Gasteiger partial charge on any atom is -0.372 e. The molecule has 6 heteroatoms. The minimum absolute atomic E-state index is 0.282. The highest BCUT2D eigenvalue weighted by Crippen LogP contribution is 2.23. The van der Waals surface area contributed by atoms with Gasteiger partial charge in [-0.15, -0.1) is 0 Å². The second-order valence-electron chi connectivity index (χ2n) is 6.76. The van der Waals surface area contributed by atoms with Crippen LogP contribution in [-0.4, -0.2) is 24.0 Å². The highest BCUT2D eigenvalue weighted by atomic mass is 19.1. The Bertz CT molecular complexity index is 968. The molecule has 28 heavy (non-hydrogen) atoms. The first-order valence-electron chi connectivity index (χ1n) is 9.32. The van der Waals surface area contributed by atoms with Gasteiger partial charge in [0.2, 0.25) is 0 Å². The first-order chi connectivity index (χ1) is 13.7. The van der Waals surface area contributed by atoms with Crippen molar-refractivity contribution in [2.75, 3.05) is 28.6 Å². The van der Waals surface area contributed by atoms with Crippen LogP contribution < -0.4 is 15.5 Å². The van der Waals surface area contributed by atoms with Crippen LogP contribution in [0.2, 0.25) is 0 Å². The predicted octanol–water partition coefficient (Wildman–Crippen LogP) is 4.82. The first kappa shape index (κ1) is 18.0. The third-order valence-corrected chi connectivity index (χ3v) is 4.70. The molecule has 0 aliphatic carbocycles.